The summed E-state index contributed by atoms with van der Waals surface area (Å²) >= 11 is 1.48. The van der Waals surface area contributed by atoms with Gasteiger partial charge in [0.15, 0.2) is 0 Å². The van der Waals surface area contributed by atoms with Crippen LogP contribution in [-0.4, -0.2) is 40.5 Å². The van der Waals surface area contributed by atoms with Gasteiger partial charge in [-0.15, -0.1) is 0 Å². The van der Waals surface area contributed by atoms with Crippen molar-refractivity contribution in [3.05, 3.63) is 29.7 Å². The van der Waals surface area contributed by atoms with Crippen LogP contribution in [0, 0.1) is 11.3 Å². The van der Waals surface area contributed by atoms with Crippen LogP contribution in [0.1, 0.15) is 24.9 Å². The van der Waals surface area contributed by atoms with Crippen LogP contribution in [0.2, 0.25) is 0 Å². The van der Waals surface area contributed by atoms with E-state index in [1.54, 1.807) is 6.07 Å². The van der Waals surface area contributed by atoms with Gasteiger partial charge in [-0.25, -0.2) is 9.97 Å². The fourth-order valence-electron chi connectivity index (χ4n) is 2.52. The fraction of sp³-hybridized carbons (Fsp3) is 0.467. The molecule has 2 aromatic rings. The zero-order chi connectivity index (χ0) is 15.4. The van der Waals surface area contributed by atoms with Crippen LogP contribution in [0.4, 0.5) is 10.9 Å². The molecule has 0 radical (unpaired) electrons. The van der Waals surface area contributed by atoms with Crippen LogP contribution >= 0.6 is 11.5 Å². The maximum atomic E-state index is 8.98. The van der Waals surface area contributed by atoms with Crippen molar-refractivity contribution in [1.29, 1.82) is 5.26 Å². The molecule has 0 unspecified atom stereocenters. The quantitative estimate of drug-likeness (QED) is 0.864. The number of anilines is 2. The predicted octanol–water partition coefficient (Wildman–Crippen LogP) is 2.08. The van der Waals surface area contributed by atoms with Crippen molar-refractivity contribution in [2.75, 3.05) is 36.0 Å². The third-order valence-electron chi connectivity index (χ3n) is 3.71. The van der Waals surface area contributed by atoms with Gasteiger partial charge < -0.3 is 9.80 Å². The van der Waals surface area contributed by atoms with Gasteiger partial charge >= 0.3 is 0 Å². The molecule has 22 heavy (non-hydrogen) atoms. The number of pyridine rings is 1. The number of nitrogens with zero attached hydrogens (tertiary/aromatic N) is 6. The minimum atomic E-state index is 0.468. The molecule has 3 rings (SSSR count). The van der Waals surface area contributed by atoms with E-state index in [1.807, 2.05) is 12.1 Å². The summed E-state index contributed by atoms with van der Waals surface area (Å²) in [6.07, 6.45) is 1.92. The smallest absolute Gasteiger partial charge is 0.205 e. The van der Waals surface area contributed by atoms with Crippen LogP contribution < -0.4 is 9.80 Å². The molecule has 3 heterocycles. The Morgan fingerprint density at radius 1 is 1.18 bits per heavy atom. The summed E-state index contributed by atoms with van der Waals surface area (Å²) in [6.45, 7) is 5.77. The molecule has 6 nitrogen and oxygen atoms in total. The van der Waals surface area contributed by atoms with Gasteiger partial charge in [0.25, 0.3) is 0 Å². The molecular weight excluding hydrogens is 296 g/mol. The number of nitriles is 1. The second-order valence-corrected chi connectivity index (χ2v) is 5.90. The maximum Gasteiger partial charge on any atom is 0.205 e. The molecule has 0 aliphatic carbocycles. The van der Waals surface area contributed by atoms with Crippen molar-refractivity contribution >= 4 is 22.5 Å². The number of aryl methyl sites for hydroxylation is 1. The molecule has 0 N–H and O–H groups in total. The largest absolute Gasteiger partial charge is 0.355 e. The van der Waals surface area contributed by atoms with Crippen LogP contribution in [0.15, 0.2) is 18.2 Å². The molecular formula is C15H18N6S. The van der Waals surface area contributed by atoms with Crippen molar-refractivity contribution in [3.8, 4) is 6.07 Å². The number of hydrogen-bond acceptors (Lipinski definition) is 7. The third-order valence-corrected chi connectivity index (χ3v) is 4.53. The lowest BCUT2D eigenvalue weighted by atomic mass is 10.3. The monoisotopic (exact) mass is 314 g/mol. The van der Waals surface area contributed by atoms with Gasteiger partial charge in [-0.2, -0.15) is 9.64 Å². The van der Waals surface area contributed by atoms with Crippen LogP contribution in [0.5, 0.6) is 0 Å². The number of rotatable bonds is 3. The zero-order valence-electron chi connectivity index (χ0n) is 12.6. The highest BCUT2D eigenvalue weighted by Crippen LogP contribution is 2.21. The first kappa shape index (κ1) is 14.7. The Morgan fingerprint density at radius 3 is 2.77 bits per heavy atom. The maximum absolute atomic E-state index is 8.98. The topological polar surface area (TPSA) is 68.9 Å². The van der Waals surface area contributed by atoms with Crippen molar-refractivity contribution in [2.45, 2.75) is 19.8 Å². The minimum absolute atomic E-state index is 0.468. The summed E-state index contributed by atoms with van der Waals surface area (Å²) in [7, 11) is 0. The second-order valence-electron chi connectivity index (χ2n) is 5.17. The van der Waals surface area contributed by atoms with E-state index in [1.165, 1.54) is 11.5 Å². The summed E-state index contributed by atoms with van der Waals surface area (Å²) in [6, 6.07) is 7.70. The first-order chi connectivity index (χ1) is 10.8. The Balaban J connectivity index is 1.70. The lowest BCUT2D eigenvalue weighted by molar-refractivity contribution is 0.795. The van der Waals surface area contributed by atoms with Crippen molar-refractivity contribution < 1.29 is 0 Å². The van der Waals surface area contributed by atoms with Gasteiger partial charge in [0, 0.05) is 44.1 Å². The molecule has 1 aliphatic heterocycles. The highest BCUT2D eigenvalue weighted by molar-refractivity contribution is 7.09. The van der Waals surface area contributed by atoms with E-state index in [0.29, 0.717) is 5.69 Å². The molecule has 0 saturated carbocycles. The first-order valence-corrected chi connectivity index (χ1v) is 8.27. The predicted molar refractivity (Wildman–Crippen MR) is 87.3 cm³/mol. The molecule has 0 spiro atoms. The van der Waals surface area contributed by atoms with E-state index in [4.69, 9.17) is 5.26 Å². The van der Waals surface area contributed by atoms with E-state index >= 15 is 0 Å². The van der Waals surface area contributed by atoms with Crippen molar-refractivity contribution in [1.82, 2.24) is 14.3 Å². The lowest BCUT2D eigenvalue weighted by Gasteiger charge is -2.22. The first-order valence-electron chi connectivity index (χ1n) is 7.50. The Bertz CT molecular complexity index is 677. The summed E-state index contributed by atoms with van der Waals surface area (Å²) in [4.78, 5) is 13.5. The number of aromatic nitrogens is 3. The van der Waals surface area contributed by atoms with Gasteiger partial charge in [0.1, 0.15) is 23.4 Å². The summed E-state index contributed by atoms with van der Waals surface area (Å²) in [5.41, 5.74) is 0.468. The van der Waals surface area contributed by atoms with Gasteiger partial charge in [0.2, 0.25) is 5.13 Å². The van der Waals surface area contributed by atoms with E-state index in [2.05, 4.69) is 37.1 Å². The van der Waals surface area contributed by atoms with Crippen molar-refractivity contribution in [3.63, 3.8) is 0 Å². The summed E-state index contributed by atoms with van der Waals surface area (Å²) in [5.74, 6) is 1.80. The third kappa shape index (κ3) is 3.17. The molecule has 0 aromatic carbocycles. The standard InChI is InChI=1S/C15H18N6S/c1-2-13-18-15(22-19-13)21-8-4-7-20(9-10-21)14-6-3-5-12(11-16)17-14/h3,5-6H,2,4,7-10H2,1H3. The Labute approximate surface area is 134 Å². The second kappa shape index (κ2) is 6.71. The SMILES string of the molecule is CCc1nsc(N2CCCN(c3cccc(C#N)n3)CC2)n1. The lowest BCUT2D eigenvalue weighted by Crippen LogP contribution is -2.31. The van der Waals surface area contributed by atoms with Crippen molar-refractivity contribution in [2.24, 2.45) is 0 Å². The molecule has 114 valence electrons. The van der Waals surface area contributed by atoms with Crippen LogP contribution in [0.25, 0.3) is 0 Å². The molecule has 1 fully saturated rings. The Hall–Kier alpha value is -2.20. The van der Waals surface area contributed by atoms with Crippen LogP contribution in [-0.2, 0) is 6.42 Å². The average molecular weight is 314 g/mol. The van der Waals surface area contributed by atoms with E-state index in [9.17, 15) is 0 Å². The van der Waals surface area contributed by atoms with Gasteiger partial charge in [-0.3, -0.25) is 0 Å². The molecule has 0 atom stereocenters. The fourth-order valence-corrected chi connectivity index (χ4v) is 3.32. The molecule has 0 bridgehead atoms. The molecule has 1 saturated heterocycles. The molecule has 2 aromatic heterocycles. The Kier molecular flexibility index (Phi) is 4.49. The van der Waals surface area contributed by atoms with Gasteiger partial charge in [-0.1, -0.05) is 13.0 Å². The van der Waals surface area contributed by atoms with E-state index in [0.717, 1.165) is 55.8 Å². The van der Waals surface area contributed by atoms with E-state index < -0.39 is 0 Å². The van der Waals surface area contributed by atoms with Gasteiger partial charge in [-0.05, 0) is 18.6 Å². The molecule has 7 heteroatoms. The average Bonchev–Trinajstić information content (AvgIpc) is 2.91. The molecule has 1 aliphatic rings. The zero-order valence-corrected chi connectivity index (χ0v) is 13.4. The van der Waals surface area contributed by atoms with Crippen LogP contribution in [0.3, 0.4) is 0 Å². The number of hydrogen-bond donors (Lipinski definition) is 0. The summed E-state index contributed by atoms with van der Waals surface area (Å²) in [5, 5.41) is 9.99. The Morgan fingerprint density at radius 2 is 2.00 bits per heavy atom. The van der Waals surface area contributed by atoms with E-state index in [-0.39, 0.29) is 0 Å². The highest BCUT2D eigenvalue weighted by atomic mass is 32.1. The normalized spacial score (nSPS) is 15.5. The molecule has 0 amide bonds. The van der Waals surface area contributed by atoms with Gasteiger partial charge in [0.05, 0.1) is 0 Å². The minimum Gasteiger partial charge on any atom is -0.355 e. The summed E-state index contributed by atoms with van der Waals surface area (Å²) < 4.78 is 4.37. The highest BCUT2D eigenvalue weighted by Gasteiger charge is 2.19.